The number of benzene rings is 2. The van der Waals surface area contributed by atoms with E-state index in [0.29, 0.717) is 0 Å². The van der Waals surface area contributed by atoms with Crippen LogP contribution in [0.4, 0.5) is 0 Å². The van der Waals surface area contributed by atoms with E-state index < -0.39 is 0 Å². The quantitative estimate of drug-likeness (QED) is 0.927. The molecule has 0 amide bonds. The first kappa shape index (κ1) is 14.6. The number of rotatable bonds is 3. The van der Waals surface area contributed by atoms with Gasteiger partial charge < -0.3 is 5.32 Å². The fraction of sp³-hybridized carbons (Fsp3) is 0.333. The summed E-state index contributed by atoms with van der Waals surface area (Å²) in [7, 11) is 0. The fourth-order valence-electron chi connectivity index (χ4n) is 2.87. The standard InChI is InChI=1S/C18H21ClN2/c19-17-8-6-15(7-9-17)18-5-2-1-4-16(18)14-21-12-3-10-20-11-13-21/h1-2,4-9,20H,3,10-14H2. The third-order valence-electron chi connectivity index (χ3n) is 4.00. The van der Waals surface area contributed by atoms with Crippen molar-refractivity contribution in [1.82, 2.24) is 10.2 Å². The van der Waals surface area contributed by atoms with Crippen LogP contribution < -0.4 is 5.32 Å². The van der Waals surface area contributed by atoms with Gasteiger partial charge in [-0.15, -0.1) is 0 Å². The van der Waals surface area contributed by atoms with Crippen molar-refractivity contribution >= 4 is 11.6 Å². The molecule has 0 saturated carbocycles. The molecule has 21 heavy (non-hydrogen) atoms. The molecule has 0 aromatic heterocycles. The molecular weight excluding hydrogens is 280 g/mol. The summed E-state index contributed by atoms with van der Waals surface area (Å²) in [6, 6.07) is 16.8. The summed E-state index contributed by atoms with van der Waals surface area (Å²) in [4.78, 5) is 2.54. The van der Waals surface area contributed by atoms with Crippen molar-refractivity contribution in [3.05, 3.63) is 59.1 Å². The van der Waals surface area contributed by atoms with Gasteiger partial charge in [0.1, 0.15) is 0 Å². The van der Waals surface area contributed by atoms with Gasteiger partial charge in [0, 0.05) is 24.7 Å². The topological polar surface area (TPSA) is 15.3 Å². The average molecular weight is 301 g/mol. The Morgan fingerprint density at radius 1 is 0.952 bits per heavy atom. The van der Waals surface area contributed by atoms with Crippen LogP contribution in [0.25, 0.3) is 11.1 Å². The van der Waals surface area contributed by atoms with Gasteiger partial charge in [-0.05, 0) is 48.3 Å². The van der Waals surface area contributed by atoms with Crippen LogP contribution in [-0.4, -0.2) is 31.1 Å². The number of nitrogens with one attached hydrogen (secondary N) is 1. The minimum absolute atomic E-state index is 0.787. The van der Waals surface area contributed by atoms with Crippen LogP contribution in [0, 0.1) is 0 Å². The summed E-state index contributed by atoms with van der Waals surface area (Å²) < 4.78 is 0. The largest absolute Gasteiger partial charge is 0.315 e. The van der Waals surface area contributed by atoms with E-state index >= 15 is 0 Å². The van der Waals surface area contributed by atoms with Gasteiger partial charge >= 0.3 is 0 Å². The van der Waals surface area contributed by atoms with Gasteiger partial charge in [-0.2, -0.15) is 0 Å². The van der Waals surface area contributed by atoms with Crippen molar-refractivity contribution in [2.45, 2.75) is 13.0 Å². The van der Waals surface area contributed by atoms with Crippen LogP contribution in [0.2, 0.25) is 5.02 Å². The normalized spacial score (nSPS) is 16.6. The lowest BCUT2D eigenvalue weighted by atomic mass is 9.99. The molecule has 0 radical (unpaired) electrons. The van der Waals surface area contributed by atoms with Gasteiger partial charge in [-0.25, -0.2) is 0 Å². The zero-order valence-electron chi connectivity index (χ0n) is 12.2. The first-order valence-corrected chi connectivity index (χ1v) is 7.98. The Morgan fingerprint density at radius 2 is 1.76 bits per heavy atom. The number of halogens is 1. The van der Waals surface area contributed by atoms with Crippen LogP contribution >= 0.6 is 11.6 Å². The highest BCUT2D eigenvalue weighted by Gasteiger charge is 2.12. The maximum absolute atomic E-state index is 6.00. The smallest absolute Gasteiger partial charge is 0.0406 e. The maximum Gasteiger partial charge on any atom is 0.0406 e. The first-order valence-electron chi connectivity index (χ1n) is 7.60. The number of hydrogen-bond acceptors (Lipinski definition) is 2. The summed E-state index contributed by atoms with van der Waals surface area (Å²) >= 11 is 6.00. The van der Waals surface area contributed by atoms with Gasteiger partial charge in [0.2, 0.25) is 0 Å². The predicted molar refractivity (Wildman–Crippen MR) is 89.7 cm³/mol. The van der Waals surface area contributed by atoms with E-state index in [1.807, 2.05) is 12.1 Å². The van der Waals surface area contributed by atoms with Crippen molar-refractivity contribution in [3.8, 4) is 11.1 Å². The second kappa shape index (κ2) is 7.08. The summed E-state index contributed by atoms with van der Waals surface area (Å²) in [6.07, 6.45) is 1.23. The minimum Gasteiger partial charge on any atom is -0.315 e. The van der Waals surface area contributed by atoms with E-state index in [0.717, 1.165) is 31.2 Å². The van der Waals surface area contributed by atoms with E-state index in [9.17, 15) is 0 Å². The molecule has 110 valence electrons. The van der Waals surface area contributed by atoms with E-state index in [1.54, 1.807) is 0 Å². The molecule has 3 rings (SSSR count). The summed E-state index contributed by atoms with van der Waals surface area (Å²) in [5, 5.41) is 4.25. The Bertz CT molecular complexity index is 572. The Balaban J connectivity index is 1.83. The third-order valence-corrected chi connectivity index (χ3v) is 4.25. The number of hydrogen-bond donors (Lipinski definition) is 1. The van der Waals surface area contributed by atoms with Crippen LogP contribution in [0.5, 0.6) is 0 Å². The van der Waals surface area contributed by atoms with E-state index in [-0.39, 0.29) is 0 Å². The van der Waals surface area contributed by atoms with Crippen LogP contribution in [0.15, 0.2) is 48.5 Å². The van der Waals surface area contributed by atoms with Gasteiger partial charge in [-0.1, -0.05) is 48.0 Å². The molecule has 2 aromatic rings. The predicted octanol–water partition coefficient (Wildman–Crippen LogP) is 3.80. The van der Waals surface area contributed by atoms with Gasteiger partial charge in [0.25, 0.3) is 0 Å². The zero-order chi connectivity index (χ0) is 14.5. The first-order chi connectivity index (χ1) is 10.3. The zero-order valence-corrected chi connectivity index (χ0v) is 12.9. The van der Waals surface area contributed by atoms with E-state index in [4.69, 9.17) is 11.6 Å². The molecule has 3 heteroatoms. The monoisotopic (exact) mass is 300 g/mol. The molecule has 0 atom stereocenters. The molecule has 0 unspecified atom stereocenters. The van der Waals surface area contributed by atoms with Crippen LogP contribution in [0.3, 0.4) is 0 Å². The second-order valence-corrected chi connectivity index (χ2v) is 5.98. The molecule has 1 aliphatic heterocycles. The van der Waals surface area contributed by atoms with Gasteiger partial charge in [0.15, 0.2) is 0 Å². The molecule has 1 aliphatic rings. The van der Waals surface area contributed by atoms with E-state index in [1.165, 1.54) is 29.7 Å². The second-order valence-electron chi connectivity index (χ2n) is 5.54. The van der Waals surface area contributed by atoms with Crippen molar-refractivity contribution in [1.29, 1.82) is 0 Å². The highest BCUT2D eigenvalue weighted by molar-refractivity contribution is 6.30. The van der Waals surface area contributed by atoms with Crippen molar-refractivity contribution in [2.75, 3.05) is 26.2 Å². The Kier molecular flexibility index (Phi) is 4.91. The molecule has 0 bridgehead atoms. The molecule has 2 aromatic carbocycles. The molecule has 2 nitrogen and oxygen atoms in total. The fourth-order valence-corrected chi connectivity index (χ4v) is 3.00. The lowest BCUT2D eigenvalue weighted by molar-refractivity contribution is 0.285. The highest BCUT2D eigenvalue weighted by Crippen LogP contribution is 2.26. The summed E-state index contributed by atoms with van der Waals surface area (Å²) in [5.74, 6) is 0. The van der Waals surface area contributed by atoms with Crippen LogP contribution in [0.1, 0.15) is 12.0 Å². The molecule has 0 aliphatic carbocycles. The molecule has 1 N–H and O–H groups in total. The van der Waals surface area contributed by atoms with Crippen molar-refractivity contribution < 1.29 is 0 Å². The average Bonchev–Trinajstić information content (AvgIpc) is 2.78. The maximum atomic E-state index is 6.00. The van der Waals surface area contributed by atoms with Crippen molar-refractivity contribution in [2.24, 2.45) is 0 Å². The summed E-state index contributed by atoms with van der Waals surface area (Å²) in [6.45, 7) is 5.52. The van der Waals surface area contributed by atoms with Gasteiger partial charge in [0.05, 0.1) is 0 Å². The van der Waals surface area contributed by atoms with E-state index in [2.05, 4.69) is 46.6 Å². The lowest BCUT2D eigenvalue weighted by Gasteiger charge is -2.21. The third kappa shape index (κ3) is 3.85. The number of nitrogens with zero attached hydrogens (tertiary/aromatic N) is 1. The SMILES string of the molecule is Clc1ccc(-c2ccccc2CN2CCCNCC2)cc1. The lowest BCUT2D eigenvalue weighted by Crippen LogP contribution is -2.27. The molecule has 0 spiro atoms. The Hall–Kier alpha value is -1.35. The Morgan fingerprint density at radius 3 is 2.62 bits per heavy atom. The molecule has 1 fully saturated rings. The minimum atomic E-state index is 0.787. The van der Waals surface area contributed by atoms with Crippen LogP contribution in [-0.2, 0) is 6.54 Å². The highest BCUT2D eigenvalue weighted by atomic mass is 35.5. The van der Waals surface area contributed by atoms with Crippen molar-refractivity contribution in [3.63, 3.8) is 0 Å². The van der Waals surface area contributed by atoms with Gasteiger partial charge in [-0.3, -0.25) is 4.90 Å². The Labute approximate surface area is 131 Å². The molecule has 1 heterocycles. The summed E-state index contributed by atoms with van der Waals surface area (Å²) in [5.41, 5.74) is 3.94. The molecule has 1 saturated heterocycles. The molecular formula is C18H21ClN2.